The van der Waals surface area contributed by atoms with E-state index in [2.05, 4.69) is 6.92 Å². The molecule has 2 aromatic carbocycles. The minimum absolute atomic E-state index is 0.288. The van der Waals surface area contributed by atoms with Gasteiger partial charge in [-0.05, 0) is 36.1 Å². The number of hydrogen-bond acceptors (Lipinski definition) is 2. The number of hydrogen-bond donors (Lipinski definition) is 1. The molecular formula is C17H19NO2. The Bertz CT molecular complexity index is 549. The van der Waals surface area contributed by atoms with Gasteiger partial charge in [0.25, 0.3) is 5.91 Å². The molecule has 0 saturated heterocycles. The standard InChI is InChI=1S/C17H19NO2/c1-2-14-8-11-16(12-9-14)18(20)17(19)13-10-15-6-4-3-5-7-15/h3-9,11-12,20H,2,10,13H2,1H3. The van der Waals surface area contributed by atoms with E-state index in [0.29, 0.717) is 12.1 Å². The lowest BCUT2D eigenvalue weighted by atomic mass is 10.1. The van der Waals surface area contributed by atoms with E-state index in [4.69, 9.17) is 0 Å². The predicted octanol–water partition coefficient (Wildman–Crippen LogP) is 3.60. The molecule has 3 heteroatoms. The van der Waals surface area contributed by atoms with Gasteiger partial charge < -0.3 is 0 Å². The number of anilines is 1. The average Bonchev–Trinajstić information content (AvgIpc) is 2.53. The molecule has 104 valence electrons. The molecule has 0 radical (unpaired) electrons. The molecule has 0 saturated carbocycles. The minimum atomic E-state index is -0.293. The first-order valence-electron chi connectivity index (χ1n) is 6.85. The average molecular weight is 269 g/mol. The minimum Gasteiger partial charge on any atom is -0.281 e. The Morgan fingerprint density at radius 3 is 2.25 bits per heavy atom. The van der Waals surface area contributed by atoms with Crippen LogP contribution in [-0.4, -0.2) is 11.1 Å². The van der Waals surface area contributed by atoms with Crippen molar-refractivity contribution < 1.29 is 10.0 Å². The van der Waals surface area contributed by atoms with Crippen LogP contribution in [-0.2, 0) is 17.6 Å². The predicted molar refractivity (Wildman–Crippen MR) is 79.9 cm³/mol. The number of aryl methyl sites for hydroxylation is 2. The fraction of sp³-hybridized carbons (Fsp3) is 0.235. The second-order valence-corrected chi connectivity index (χ2v) is 4.71. The molecule has 1 N–H and O–H groups in total. The lowest BCUT2D eigenvalue weighted by Gasteiger charge is -2.15. The van der Waals surface area contributed by atoms with E-state index in [1.165, 1.54) is 5.56 Å². The van der Waals surface area contributed by atoms with Gasteiger partial charge in [0, 0.05) is 6.42 Å². The molecule has 0 fully saturated rings. The summed E-state index contributed by atoms with van der Waals surface area (Å²) < 4.78 is 0. The number of carbonyl (C=O) groups excluding carboxylic acids is 1. The summed E-state index contributed by atoms with van der Waals surface area (Å²) in [6.07, 6.45) is 1.85. The van der Waals surface area contributed by atoms with Gasteiger partial charge in [-0.15, -0.1) is 0 Å². The summed E-state index contributed by atoms with van der Waals surface area (Å²) in [7, 11) is 0. The summed E-state index contributed by atoms with van der Waals surface area (Å²) in [5.74, 6) is -0.293. The Morgan fingerprint density at radius 1 is 1.00 bits per heavy atom. The second-order valence-electron chi connectivity index (χ2n) is 4.71. The van der Waals surface area contributed by atoms with E-state index in [1.807, 2.05) is 42.5 Å². The maximum atomic E-state index is 11.9. The highest BCUT2D eigenvalue weighted by atomic mass is 16.5. The number of nitrogens with zero attached hydrogens (tertiary/aromatic N) is 1. The van der Waals surface area contributed by atoms with Crippen LogP contribution in [0.1, 0.15) is 24.5 Å². The summed E-state index contributed by atoms with van der Waals surface area (Å²) >= 11 is 0. The van der Waals surface area contributed by atoms with E-state index in [0.717, 1.165) is 17.0 Å². The van der Waals surface area contributed by atoms with Crippen LogP contribution in [0.15, 0.2) is 54.6 Å². The smallest absolute Gasteiger partial charge is 0.251 e. The van der Waals surface area contributed by atoms with Gasteiger partial charge in [-0.3, -0.25) is 10.0 Å². The monoisotopic (exact) mass is 269 g/mol. The van der Waals surface area contributed by atoms with Crippen molar-refractivity contribution >= 4 is 11.6 Å². The number of carbonyl (C=O) groups is 1. The van der Waals surface area contributed by atoms with Crippen LogP contribution in [0.5, 0.6) is 0 Å². The third kappa shape index (κ3) is 3.68. The molecule has 0 spiro atoms. The van der Waals surface area contributed by atoms with Crippen LogP contribution in [0.2, 0.25) is 0 Å². The molecule has 0 heterocycles. The lowest BCUT2D eigenvalue weighted by molar-refractivity contribution is -0.123. The van der Waals surface area contributed by atoms with Crippen LogP contribution >= 0.6 is 0 Å². The van der Waals surface area contributed by atoms with Crippen LogP contribution in [0.25, 0.3) is 0 Å². The summed E-state index contributed by atoms with van der Waals surface area (Å²) in [4.78, 5) is 11.9. The van der Waals surface area contributed by atoms with Crippen molar-refractivity contribution in [1.82, 2.24) is 0 Å². The molecule has 2 rings (SSSR count). The zero-order chi connectivity index (χ0) is 14.4. The van der Waals surface area contributed by atoms with Gasteiger partial charge in [0.15, 0.2) is 0 Å². The van der Waals surface area contributed by atoms with Gasteiger partial charge in [-0.1, -0.05) is 49.4 Å². The van der Waals surface area contributed by atoms with Gasteiger partial charge >= 0.3 is 0 Å². The molecular weight excluding hydrogens is 250 g/mol. The fourth-order valence-electron chi connectivity index (χ4n) is 2.02. The van der Waals surface area contributed by atoms with E-state index in [9.17, 15) is 10.0 Å². The van der Waals surface area contributed by atoms with Crippen molar-refractivity contribution in [2.45, 2.75) is 26.2 Å². The molecule has 20 heavy (non-hydrogen) atoms. The molecule has 0 aliphatic heterocycles. The Labute approximate surface area is 119 Å². The van der Waals surface area contributed by atoms with Crippen LogP contribution in [0, 0.1) is 0 Å². The lowest BCUT2D eigenvalue weighted by Crippen LogP contribution is -2.27. The number of rotatable bonds is 5. The Morgan fingerprint density at radius 2 is 1.65 bits per heavy atom. The molecule has 0 unspecified atom stereocenters. The fourth-order valence-corrected chi connectivity index (χ4v) is 2.02. The topological polar surface area (TPSA) is 40.5 Å². The number of amides is 1. The van der Waals surface area contributed by atoms with Gasteiger partial charge in [0.2, 0.25) is 0 Å². The third-order valence-electron chi connectivity index (χ3n) is 3.30. The SMILES string of the molecule is CCc1ccc(N(O)C(=O)CCc2ccccc2)cc1. The maximum Gasteiger partial charge on any atom is 0.251 e. The molecule has 1 amide bonds. The normalized spacial score (nSPS) is 10.3. The summed E-state index contributed by atoms with van der Waals surface area (Å²) in [6.45, 7) is 2.07. The van der Waals surface area contributed by atoms with Crippen molar-refractivity contribution in [2.75, 3.05) is 5.06 Å². The van der Waals surface area contributed by atoms with Crippen LogP contribution < -0.4 is 5.06 Å². The van der Waals surface area contributed by atoms with Crippen molar-refractivity contribution in [3.8, 4) is 0 Å². The van der Waals surface area contributed by atoms with E-state index in [1.54, 1.807) is 12.1 Å². The summed E-state index contributed by atoms with van der Waals surface area (Å²) in [6, 6.07) is 17.2. The first-order valence-corrected chi connectivity index (χ1v) is 6.85. The van der Waals surface area contributed by atoms with E-state index in [-0.39, 0.29) is 12.3 Å². The Hall–Kier alpha value is -2.13. The summed E-state index contributed by atoms with van der Waals surface area (Å²) in [5, 5.41) is 10.7. The Balaban J connectivity index is 1.94. The molecule has 0 aliphatic rings. The second kappa shape index (κ2) is 6.87. The molecule has 2 aromatic rings. The van der Waals surface area contributed by atoms with Gasteiger partial charge in [0.05, 0.1) is 5.69 Å². The van der Waals surface area contributed by atoms with Gasteiger partial charge in [-0.25, -0.2) is 0 Å². The highest BCUT2D eigenvalue weighted by Gasteiger charge is 2.12. The van der Waals surface area contributed by atoms with Gasteiger partial charge in [-0.2, -0.15) is 5.06 Å². The first-order chi connectivity index (χ1) is 9.70. The van der Waals surface area contributed by atoms with Crippen molar-refractivity contribution in [1.29, 1.82) is 0 Å². The van der Waals surface area contributed by atoms with E-state index < -0.39 is 0 Å². The molecule has 0 atom stereocenters. The molecule has 0 bridgehead atoms. The van der Waals surface area contributed by atoms with Gasteiger partial charge in [0.1, 0.15) is 0 Å². The zero-order valence-electron chi connectivity index (χ0n) is 11.6. The third-order valence-corrected chi connectivity index (χ3v) is 3.30. The molecule has 3 nitrogen and oxygen atoms in total. The van der Waals surface area contributed by atoms with Crippen LogP contribution in [0.3, 0.4) is 0 Å². The van der Waals surface area contributed by atoms with Crippen LogP contribution in [0.4, 0.5) is 5.69 Å². The van der Waals surface area contributed by atoms with Crippen molar-refractivity contribution in [3.05, 3.63) is 65.7 Å². The zero-order valence-corrected chi connectivity index (χ0v) is 11.6. The van der Waals surface area contributed by atoms with Crippen molar-refractivity contribution in [2.24, 2.45) is 0 Å². The number of benzene rings is 2. The first kappa shape index (κ1) is 14.3. The Kier molecular flexibility index (Phi) is 4.91. The molecule has 0 aliphatic carbocycles. The quantitative estimate of drug-likeness (QED) is 0.665. The van der Waals surface area contributed by atoms with Crippen molar-refractivity contribution in [3.63, 3.8) is 0 Å². The largest absolute Gasteiger partial charge is 0.281 e. The number of hydroxylamine groups is 1. The maximum absolute atomic E-state index is 11.9. The highest BCUT2D eigenvalue weighted by Crippen LogP contribution is 2.15. The molecule has 0 aromatic heterocycles. The highest BCUT2D eigenvalue weighted by molar-refractivity contribution is 5.91. The van der Waals surface area contributed by atoms with E-state index >= 15 is 0 Å². The summed E-state index contributed by atoms with van der Waals surface area (Å²) in [5.41, 5.74) is 2.79.